The lowest BCUT2D eigenvalue weighted by Gasteiger charge is -2.50. The average molecular weight is 283 g/mol. The van der Waals surface area contributed by atoms with Crippen LogP contribution in [0.4, 0.5) is 0 Å². The first-order valence-electron chi connectivity index (χ1n) is 8.24. The molecular formula is C18H25N3. The summed E-state index contributed by atoms with van der Waals surface area (Å²) in [6, 6.07) is 10.8. The number of nitriles is 1. The van der Waals surface area contributed by atoms with E-state index in [9.17, 15) is 0 Å². The van der Waals surface area contributed by atoms with Gasteiger partial charge in [0, 0.05) is 25.7 Å². The second kappa shape index (κ2) is 6.60. The summed E-state index contributed by atoms with van der Waals surface area (Å²) in [4.78, 5) is 2.69. The fourth-order valence-electron chi connectivity index (χ4n) is 4.06. The molecule has 3 heteroatoms. The van der Waals surface area contributed by atoms with Gasteiger partial charge in [0.15, 0.2) is 0 Å². The average Bonchev–Trinajstić information content (AvgIpc) is 2.55. The van der Waals surface area contributed by atoms with Crippen molar-refractivity contribution in [2.24, 2.45) is 11.8 Å². The van der Waals surface area contributed by atoms with E-state index >= 15 is 0 Å². The van der Waals surface area contributed by atoms with E-state index in [-0.39, 0.29) is 0 Å². The molecule has 0 aromatic heterocycles. The van der Waals surface area contributed by atoms with Gasteiger partial charge in [0.2, 0.25) is 0 Å². The van der Waals surface area contributed by atoms with Gasteiger partial charge in [-0.15, -0.1) is 0 Å². The molecule has 2 bridgehead atoms. The Morgan fingerprint density at radius 2 is 2.33 bits per heavy atom. The van der Waals surface area contributed by atoms with Crippen molar-refractivity contribution in [1.82, 2.24) is 10.2 Å². The molecule has 3 nitrogen and oxygen atoms in total. The lowest BCUT2D eigenvalue weighted by atomic mass is 9.74. The summed E-state index contributed by atoms with van der Waals surface area (Å²) in [6.45, 7) is 6.86. The van der Waals surface area contributed by atoms with Gasteiger partial charge in [-0.05, 0) is 48.9 Å². The van der Waals surface area contributed by atoms with E-state index in [0.29, 0.717) is 6.04 Å². The van der Waals surface area contributed by atoms with Gasteiger partial charge >= 0.3 is 0 Å². The minimum absolute atomic E-state index is 0.714. The van der Waals surface area contributed by atoms with E-state index in [4.69, 9.17) is 5.26 Å². The SMILES string of the molecule is CC[C@@H]1CN2CC[C@H]1C[C@@H]2CNCc1cccc(C#N)c1. The number of benzene rings is 1. The monoisotopic (exact) mass is 283 g/mol. The maximum Gasteiger partial charge on any atom is 0.0991 e. The second-order valence-corrected chi connectivity index (χ2v) is 6.54. The van der Waals surface area contributed by atoms with Crippen molar-refractivity contribution < 1.29 is 0 Å². The van der Waals surface area contributed by atoms with Crippen molar-refractivity contribution in [3.63, 3.8) is 0 Å². The van der Waals surface area contributed by atoms with E-state index < -0.39 is 0 Å². The van der Waals surface area contributed by atoms with Crippen LogP contribution in [0.5, 0.6) is 0 Å². The van der Waals surface area contributed by atoms with E-state index in [1.165, 1.54) is 37.9 Å². The molecule has 3 aliphatic heterocycles. The van der Waals surface area contributed by atoms with Crippen LogP contribution >= 0.6 is 0 Å². The number of hydrogen-bond donors (Lipinski definition) is 1. The fraction of sp³-hybridized carbons (Fsp3) is 0.611. The Morgan fingerprint density at radius 1 is 1.43 bits per heavy atom. The predicted octanol–water partition coefficient (Wildman–Crippen LogP) is 2.77. The van der Waals surface area contributed by atoms with Gasteiger partial charge in [0.1, 0.15) is 0 Å². The van der Waals surface area contributed by atoms with Crippen molar-refractivity contribution in [3.05, 3.63) is 35.4 Å². The number of nitrogens with one attached hydrogen (secondary N) is 1. The quantitative estimate of drug-likeness (QED) is 0.903. The molecule has 1 N–H and O–H groups in total. The first kappa shape index (κ1) is 14.6. The molecule has 0 spiro atoms. The number of hydrogen-bond acceptors (Lipinski definition) is 3. The molecule has 3 saturated heterocycles. The Hall–Kier alpha value is -1.37. The van der Waals surface area contributed by atoms with E-state index in [1.54, 1.807) is 0 Å². The third kappa shape index (κ3) is 3.28. The van der Waals surface area contributed by atoms with Crippen LogP contribution in [0.2, 0.25) is 0 Å². The molecule has 3 heterocycles. The van der Waals surface area contributed by atoms with Crippen LogP contribution in [0.25, 0.3) is 0 Å². The van der Waals surface area contributed by atoms with Crippen LogP contribution in [-0.4, -0.2) is 30.6 Å². The number of nitrogens with zero attached hydrogens (tertiary/aromatic N) is 2. The van der Waals surface area contributed by atoms with Crippen LogP contribution < -0.4 is 5.32 Å². The van der Waals surface area contributed by atoms with Crippen LogP contribution in [0.3, 0.4) is 0 Å². The number of fused-ring (bicyclic) bond motifs is 3. The normalized spacial score (nSPS) is 31.0. The molecule has 0 saturated carbocycles. The van der Waals surface area contributed by atoms with Crippen LogP contribution in [0, 0.1) is 23.2 Å². The first-order chi connectivity index (χ1) is 10.3. The largest absolute Gasteiger partial charge is 0.311 e. The van der Waals surface area contributed by atoms with Gasteiger partial charge in [-0.3, -0.25) is 4.90 Å². The molecule has 4 atom stereocenters. The Labute approximate surface area is 128 Å². The van der Waals surface area contributed by atoms with Gasteiger partial charge in [-0.25, -0.2) is 0 Å². The van der Waals surface area contributed by atoms with E-state index in [2.05, 4.69) is 29.3 Å². The maximum absolute atomic E-state index is 8.93. The van der Waals surface area contributed by atoms with Crippen molar-refractivity contribution in [3.8, 4) is 6.07 Å². The second-order valence-electron chi connectivity index (χ2n) is 6.54. The fourth-order valence-corrected chi connectivity index (χ4v) is 4.06. The summed E-state index contributed by atoms with van der Waals surface area (Å²) in [7, 11) is 0. The standard InChI is InChI=1S/C18H25N3/c1-2-16-13-21-7-6-17(16)9-18(21)12-20-11-15-5-3-4-14(8-15)10-19/h3-5,8,16-18,20H,2,6-7,9,11-13H2,1H3/t16-,17+,18-/m1/s1. The maximum atomic E-state index is 8.93. The zero-order chi connectivity index (χ0) is 14.7. The summed E-state index contributed by atoms with van der Waals surface area (Å²) in [5, 5.41) is 12.5. The molecule has 3 fully saturated rings. The summed E-state index contributed by atoms with van der Waals surface area (Å²) in [5.41, 5.74) is 1.96. The van der Waals surface area contributed by atoms with Gasteiger partial charge < -0.3 is 5.32 Å². The Kier molecular flexibility index (Phi) is 4.57. The highest BCUT2D eigenvalue weighted by atomic mass is 15.2. The molecule has 4 rings (SSSR count). The molecule has 1 aromatic carbocycles. The van der Waals surface area contributed by atoms with Crippen molar-refractivity contribution in [2.45, 2.75) is 38.8 Å². The molecule has 3 aliphatic rings. The van der Waals surface area contributed by atoms with E-state index in [0.717, 1.165) is 30.5 Å². The predicted molar refractivity (Wildman–Crippen MR) is 84.7 cm³/mol. The zero-order valence-corrected chi connectivity index (χ0v) is 12.9. The Bertz CT molecular complexity index is 519. The highest BCUT2D eigenvalue weighted by molar-refractivity contribution is 5.32. The number of rotatable bonds is 5. The molecule has 1 aromatic rings. The van der Waals surface area contributed by atoms with Crippen LogP contribution in [0.15, 0.2) is 24.3 Å². The Balaban J connectivity index is 1.49. The molecule has 21 heavy (non-hydrogen) atoms. The summed E-state index contributed by atoms with van der Waals surface area (Å²) >= 11 is 0. The van der Waals surface area contributed by atoms with Crippen LogP contribution in [0.1, 0.15) is 37.3 Å². The molecule has 112 valence electrons. The van der Waals surface area contributed by atoms with Gasteiger partial charge in [0.25, 0.3) is 0 Å². The summed E-state index contributed by atoms with van der Waals surface area (Å²) < 4.78 is 0. The summed E-state index contributed by atoms with van der Waals surface area (Å²) in [5.74, 6) is 1.89. The third-order valence-electron chi connectivity index (χ3n) is 5.30. The minimum atomic E-state index is 0.714. The number of piperidine rings is 3. The van der Waals surface area contributed by atoms with E-state index in [1.807, 2.05) is 18.2 Å². The lowest BCUT2D eigenvalue weighted by molar-refractivity contribution is 0.000333. The highest BCUT2D eigenvalue weighted by Crippen LogP contribution is 2.37. The Morgan fingerprint density at radius 3 is 3.05 bits per heavy atom. The van der Waals surface area contributed by atoms with Crippen molar-refractivity contribution >= 4 is 0 Å². The van der Waals surface area contributed by atoms with Crippen LogP contribution in [-0.2, 0) is 6.54 Å². The third-order valence-corrected chi connectivity index (χ3v) is 5.30. The van der Waals surface area contributed by atoms with Gasteiger partial charge in [0.05, 0.1) is 11.6 Å². The summed E-state index contributed by atoms with van der Waals surface area (Å²) in [6.07, 6.45) is 4.10. The smallest absolute Gasteiger partial charge is 0.0991 e. The van der Waals surface area contributed by atoms with Crippen molar-refractivity contribution in [2.75, 3.05) is 19.6 Å². The molecular weight excluding hydrogens is 258 g/mol. The topological polar surface area (TPSA) is 39.1 Å². The first-order valence-corrected chi connectivity index (χ1v) is 8.24. The van der Waals surface area contributed by atoms with Crippen molar-refractivity contribution in [1.29, 1.82) is 5.26 Å². The molecule has 0 radical (unpaired) electrons. The molecule has 0 amide bonds. The molecule has 0 aliphatic carbocycles. The minimum Gasteiger partial charge on any atom is -0.311 e. The molecule has 1 unspecified atom stereocenters. The lowest BCUT2D eigenvalue weighted by Crippen LogP contribution is -2.56. The highest BCUT2D eigenvalue weighted by Gasteiger charge is 2.38. The zero-order valence-electron chi connectivity index (χ0n) is 12.9. The van der Waals surface area contributed by atoms with Gasteiger partial charge in [-0.2, -0.15) is 5.26 Å². The van der Waals surface area contributed by atoms with Gasteiger partial charge in [-0.1, -0.05) is 25.5 Å².